The highest BCUT2D eigenvalue weighted by Gasteiger charge is 2.20. The van der Waals surface area contributed by atoms with Gasteiger partial charge < -0.3 is 15.4 Å². The van der Waals surface area contributed by atoms with Gasteiger partial charge in [-0.1, -0.05) is 18.2 Å². The maximum atomic E-state index is 11.0. The fourth-order valence-corrected chi connectivity index (χ4v) is 1.85. The summed E-state index contributed by atoms with van der Waals surface area (Å²) in [4.78, 5) is 11.0. The van der Waals surface area contributed by atoms with Crippen molar-refractivity contribution in [3.05, 3.63) is 29.8 Å². The summed E-state index contributed by atoms with van der Waals surface area (Å²) in [6.07, 6.45) is 0.565. The predicted molar refractivity (Wildman–Crippen MR) is 61.2 cm³/mol. The van der Waals surface area contributed by atoms with Crippen molar-refractivity contribution in [3.63, 3.8) is 0 Å². The second-order valence-corrected chi connectivity index (χ2v) is 3.90. The van der Waals surface area contributed by atoms with Crippen LogP contribution in [0.25, 0.3) is 0 Å². The van der Waals surface area contributed by atoms with Gasteiger partial charge in [0.25, 0.3) is 0 Å². The van der Waals surface area contributed by atoms with E-state index in [1.807, 2.05) is 24.3 Å². The number of amides is 1. The standard InChI is InChI=1S/C12H16N2O2/c1-16-11-5-3-2-4-9(11)7-13-10-6-12(15)14-8-10/h2-5,10,13H,6-8H2,1H3,(H,14,15). The SMILES string of the molecule is COc1ccccc1CNC1CNC(=O)C1. The van der Waals surface area contributed by atoms with E-state index in [4.69, 9.17) is 4.74 Å². The lowest BCUT2D eigenvalue weighted by atomic mass is 10.2. The van der Waals surface area contributed by atoms with E-state index in [0.717, 1.165) is 17.9 Å². The lowest BCUT2D eigenvalue weighted by Crippen LogP contribution is -2.30. The number of hydrogen-bond donors (Lipinski definition) is 2. The summed E-state index contributed by atoms with van der Waals surface area (Å²) in [7, 11) is 1.67. The van der Waals surface area contributed by atoms with Crippen LogP contribution in [0.5, 0.6) is 5.75 Å². The molecular formula is C12H16N2O2. The van der Waals surface area contributed by atoms with E-state index in [2.05, 4.69) is 10.6 Å². The zero-order valence-corrected chi connectivity index (χ0v) is 9.32. The van der Waals surface area contributed by atoms with E-state index < -0.39 is 0 Å². The summed E-state index contributed by atoms with van der Waals surface area (Å²) in [5.74, 6) is 1.00. The van der Waals surface area contributed by atoms with Gasteiger partial charge in [-0.2, -0.15) is 0 Å². The first-order valence-electron chi connectivity index (χ1n) is 5.41. The van der Waals surface area contributed by atoms with E-state index in [0.29, 0.717) is 13.0 Å². The van der Waals surface area contributed by atoms with Gasteiger partial charge in [0, 0.05) is 31.1 Å². The summed E-state index contributed by atoms with van der Waals surface area (Å²) in [5.41, 5.74) is 1.12. The quantitative estimate of drug-likeness (QED) is 0.784. The predicted octanol–water partition coefficient (Wildman–Crippen LogP) is 0.673. The summed E-state index contributed by atoms with van der Waals surface area (Å²) >= 11 is 0. The Labute approximate surface area is 95.0 Å². The largest absolute Gasteiger partial charge is 0.496 e. The fraction of sp³-hybridized carbons (Fsp3) is 0.417. The van der Waals surface area contributed by atoms with Gasteiger partial charge in [0.2, 0.25) is 5.91 Å². The van der Waals surface area contributed by atoms with Gasteiger partial charge in [-0.05, 0) is 6.07 Å². The molecule has 1 aliphatic heterocycles. The molecule has 16 heavy (non-hydrogen) atoms. The summed E-state index contributed by atoms with van der Waals surface area (Å²) in [6.45, 7) is 1.44. The van der Waals surface area contributed by atoms with Crippen LogP contribution in [0.2, 0.25) is 0 Å². The Morgan fingerprint density at radius 3 is 3.00 bits per heavy atom. The Hall–Kier alpha value is -1.55. The van der Waals surface area contributed by atoms with Crippen molar-refractivity contribution in [2.75, 3.05) is 13.7 Å². The van der Waals surface area contributed by atoms with Crippen LogP contribution in [0.15, 0.2) is 24.3 Å². The molecule has 1 unspecified atom stereocenters. The maximum absolute atomic E-state index is 11.0. The molecule has 0 saturated carbocycles. The first kappa shape index (κ1) is 11.0. The minimum atomic E-state index is 0.123. The molecule has 2 N–H and O–H groups in total. The van der Waals surface area contributed by atoms with Crippen molar-refractivity contribution >= 4 is 5.91 Å². The third-order valence-electron chi connectivity index (χ3n) is 2.75. The van der Waals surface area contributed by atoms with Crippen LogP contribution in [-0.4, -0.2) is 25.6 Å². The highest BCUT2D eigenvalue weighted by atomic mass is 16.5. The molecule has 4 nitrogen and oxygen atoms in total. The first-order chi connectivity index (χ1) is 7.79. The Kier molecular flexibility index (Phi) is 3.41. The van der Waals surface area contributed by atoms with Crippen molar-refractivity contribution in [1.29, 1.82) is 0 Å². The smallest absolute Gasteiger partial charge is 0.221 e. The molecule has 1 aromatic rings. The third-order valence-corrected chi connectivity index (χ3v) is 2.75. The summed E-state index contributed by atoms with van der Waals surface area (Å²) in [5, 5.41) is 6.14. The normalized spacial score (nSPS) is 19.6. The van der Waals surface area contributed by atoms with Gasteiger partial charge >= 0.3 is 0 Å². The minimum Gasteiger partial charge on any atom is -0.496 e. The third kappa shape index (κ3) is 2.52. The number of nitrogens with one attached hydrogen (secondary N) is 2. The van der Waals surface area contributed by atoms with Gasteiger partial charge in [0.05, 0.1) is 7.11 Å². The average molecular weight is 220 g/mol. The Balaban J connectivity index is 1.91. The first-order valence-corrected chi connectivity index (χ1v) is 5.41. The molecule has 0 bridgehead atoms. The van der Waals surface area contributed by atoms with Crippen molar-refractivity contribution in [3.8, 4) is 5.75 Å². The molecule has 4 heteroatoms. The summed E-state index contributed by atoms with van der Waals surface area (Å²) < 4.78 is 5.26. The zero-order chi connectivity index (χ0) is 11.4. The average Bonchev–Trinajstić information content (AvgIpc) is 2.73. The van der Waals surface area contributed by atoms with Crippen molar-refractivity contribution in [2.45, 2.75) is 19.0 Å². The molecule has 1 heterocycles. The van der Waals surface area contributed by atoms with Gasteiger partial charge in [-0.25, -0.2) is 0 Å². The molecule has 1 saturated heterocycles. The van der Waals surface area contributed by atoms with Crippen molar-refractivity contribution < 1.29 is 9.53 Å². The van der Waals surface area contributed by atoms with Crippen LogP contribution < -0.4 is 15.4 Å². The van der Waals surface area contributed by atoms with Crippen LogP contribution in [0.1, 0.15) is 12.0 Å². The molecule has 1 aliphatic rings. The van der Waals surface area contributed by atoms with E-state index in [1.54, 1.807) is 7.11 Å². The maximum Gasteiger partial charge on any atom is 0.221 e. The monoisotopic (exact) mass is 220 g/mol. The second kappa shape index (κ2) is 4.99. The molecule has 0 radical (unpaired) electrons. The highest BCUT2D eigenvalue weighted by Crippen LogP contribution is 2.17. The molecule has 0 aromatic heterocycles. The zero-order valence-electron chi connectivity index (χ0n) is 9.32. The molecule has 86 valence electrons. The molecule has 1 aromatic carbocycles. The van der Waals surface area contributed by atoms with E-state index in [1.165, 1.54) is 0 Å². The van der Waals surface area contributed by atoms with Crippen LogP contribution in [-0.2, 0) is 11.3 Å². The number of rotatable bonds is 4. The van der Waals surface area contributed by atoms with Gasteiger partial charge in [-0.15, -0.1) is 0 Å². The lowest BCUT2D eigenvalue weighted by molar-refractivity contribution is -0.119. The molecule has 1 fully saturated rings. The summed E-state index contributed by atoms with van der Waals surface area (Å²) in [6, 6.07) is 8.13. The van der Waals surface area contributed by atoms with Crippen LogP contribution in [0.3, 0.4) is 0 Å². The number of para-hydroxylation sites is 1. The molecular weight excluding hydrogens is 204 g/mol. The molecule has 1 amide bonds. The van der Waals surface area contributed by atoms with Crippen LogP contribution in [0.4, 0.5) is 0 Å². The Bertz CT molecular complexity index is 379. The number of methoxy groups -OCH3 is 1. The number of hydrogen-bond acceptors (Lipinski definition) is 3. The number of ether oxygens (including phenoxy) is 1. The number of carbonyl (C=O) groups is 1. The van der Waals surface area contributed by atoms with Gasteiger partial charge in [0.15, 0.2) is 0 Å². The molecule has 0 aliphatic carbocycles. The van der Waals surface area contributed by atoms with Gasteiger partial charge in [-0.3, -0.25) is 4.79 Å². The topological polar surface area (TPSA) is 50.4 Å². The second-order valence-electron chi connectivity index (χ2n) is 3.90. The Morgan fingerprint density at radius 2 is 2.31 bits per heavy atom. The highest BCUT2D eigenvalue weighted by molar-refractivity contribution is 5.78. The minimum absolute atomic E-state index is 0.123. The fourth-order valence-electron chi connectivity index (χ4n) is 1.85. The molecule has 0 spiro atoms. The number of carbonyl (C=O) groups excluding carboxylic acids is 1. The van der Waals surface area contributed by atoms with E-state index in [9.17, 15) is 4.79 Å². The van der Waals surface area contributed by atoms with Crippen LogP contribution >= 0.6 is 0 Å². The van der Waals surface area contributed by atoms with E-state index in [-0.39, 0.29) is 11.9 Å². The molecule has 1 atom stereocenters. The van der Waals surface area contributed by atoms with Crippen molar-refractivity contribution in [2.24, 2.45) is 0 Å². The lowest BCUT2D eigenvalue weighted by Gasteiger charge is -2.12. The van der Waals surface area contributed by atoms with Crippen molar-refractivity contribution in [1.82, 2.24) is 10.6 Å². The van der Waals surface area contributed by atoms with Crippen LogP contribution in [0, 0.1) is 0 Å². The Morgan fingerprint density at radius 1 is 1.50 bits per heavy atom. The van der Waals surface area contributed by atoms with E-state index >= 15 is 0 Å². The molecule has 2 rings (SSSR count). The van der Waals surface area contributed by atoms with Gasteiger partial charge in [0.1, 0.15) is 5.75 Å². The number of benzene rings is 1.